The van der Waals surface area contributed by atoms with Crippen molar-refractivity contribution in [1.82, 2.24) is 0 Å². The lowest BCUT2D eigenvalue weighted by atomic mass is 9.82. The maximum Gasteiger partial charge on any atom is 0.0960 e. The Morgan fingerprint density at radius 3 is 1.79 bits per heavy atom. The van der Waals surface area contributed by atoms with Crippen molar-refractivity contribution >= 4 is 28.4 Å². The van der Waals surface area contributed by atoms with E-state index in [1.165, 1.54) is 27.2 Å². The summed E-state index contributed by atoms with van der Waals surface area (Å²) in [4.78, 5) is 1.28. The Balaban J connectivity index is 1.76. The predicted molar refractivity (Wildman–Crippen MR) is 126 cm³/mol. The van der Waals surface area contributed by atoms with Gasteiger partial charge in [-0.2, -0.15) is 0 Å². The van der Waals surface area contributed by atoms with Crippen molar-refractivity contribution in [1.29, 1.82) is 0 Å². The molecule has 1 aliphatic heterocycles. The first kappa shape index (κ1) is 17.8. The second kappa shape index (κ2) is 7.31. The van der Waals surface area contributed by atoms with Crippen molar-refractivity contribution in [2.75, 3.05) is 5.73 Å². The molecule has 4 aromatic carbocycles. The van der Waals surface area contributed by atoms with E-state index in [2.05, 4.69) is 103 Å². The van der Waals surface area contributed by atoms with Crippen LogP contribution in [0.25, 0.3) is 11.0 Å². The number of thioether (sulfide) groups is 1. The summed E-state index contributed by atoms with van der Waals surface area (Å²) in [5.41, 5.74) is 13.0. The van der Waals surface area contributed by atoms with Crippen LogP contribution in [0.3, 0.4) is 0 Å². The SMILES string of the molecule is Nc1ccc(/C=C2/SC(c3ccccc3)(c3ccccc3)c3ccccc32)cc1. The van der Waals surface area contributed by atoms with Gasteiger partial charge in [0.05, 0.1) is 4.75 Å². The van der Waals surface area contributed by atoms with E-state index < -0.39 is 0 Å². The van der Waals surface area contributed by atoms with E-state index in [0.29, 0.717) is 0 Å². The van der Waals surface area contributed by atoms with Crippen LogP contribution in [0, 0.1) is 0 Å². The van der Waals surface area contributed by atoms with Crippen LogP contribution in [0.15, 0.2) is 109 Å². The van der Waals surface area contributed by atoms with Crippen LogP contribution >= 0.6 is 11.8 Å². The first-order chi connectivity index (χ1) is 14.3. The smallest absolute Gasteiger partial charge is 0.0960 e. The van der Waals surface area contributed by atoms with Crippen LogP contribution in [-0.2, 0) is 4.75 Å². The minimum Gasteiger partial charge on any atom is -0.399 e. The zero-order chi connectivity index (χ0) is 19.7. The summed E-state index contributed by atoms with van der Waals surface area (Å²) in [5, 5.41) is 0. The van der Waals surface area contributed by atoms with Gasteiger partial charge in [0.15, 0.2) is 0 Å². The standard InChI is InChI=1S/C27H21NS/c28-23-17-15-20(16-18-23)19-26-24-13-7-8-14-25(24)27(29-26,21-9-3-1-4-10-21)22-11-5-2-6-12-22/h1-19H,28H2/b26-19+. The Kier molecular flexibility index (Phi) is 4.49. The van der Waals surface area contributed by atoms with Crippen molar-refractivity contribution in [2.45, 2.75) is 4.75 Å². The monoisotopic (exact) mass is 391 g/mol. The summed E-state index contributed by atoms with van der Waals surface area (Å²) in [6.07, 6.45) is 2.27. The minimum absolute atomic E-state index is 0.265. The Morgan fingerprint density at radius 2 is 1.17 bits per heavy atom. The zero-order valence-electron chi connectivity index (χ0n) is 16.0. The fraction of sp³-hybridized carbons (Fsp3) is 0.0370. The summed E-state index contributed by atoms with van der Waals surface area (Å²) >= 11 is 1.92. The number of hydrogen-bond donors (Lipinski definition) is 1. The number of rotatable bonds is 3. The fourth-order valence-electron chi connectivity index (χ4n) is 4.07. The van der Waals surface area contributed by atoms with Crippen LogP contribution < -0.4 is 5.73 Å². The van der Waals surface area contributed by atoms with E-state index in [9.17, 15) is 0 Å². The van der Waals surface area contributed by atoms with Gasteiger partial charge in [0.25, 0.3) is 0 Å². The molecule has 29 heavy (non-hydrogen) atoms. The minimum atomic E-state index is -0.265. The molecule has 0 fully saturated rings. The highest BCUT2D eigenvalue weighted by Crippen LogP contribution is 2.61. The molecule has 0 aromatic heterocycles. The molecular weight excluding hydrogens is 370 g/mol. The molecule has 0 unspecified atom stereocenters. The summed E-state index contributed by atoms with van der Waals surface area (Å²) in [6.45, 7) is 0. The van der Waals surface area contributed by atoms with Crippen molar-refractivity contribution in [3.8, 4) is 0 Å². The molecule has 0 amide bonds. The highest BCUT2D eigenvalue weighted by Gasteiger charge is 2.44. The molecular formula is C27H21NS. The molecule has 0 aliphatic carbocycles. The Hall–Kier alpha value is -3.23. The molecule has 1 aliphatic rings. The lowest BCUT2D eigenvalue weighted by Crippen LogP contribution is -2.22. The van der Waals surface area contributed by atoms with Crippen molar-refractivity contribution in [3.05, 3.63) is 137 Å². The first-order valence-electron chi connectivity index (χ1n) is 9.74. The van der Waals surface area contributed by atoms with E-state index in [-0.39, 0.29) is 4.75 Å². The molecule has 0 saturated heterocycles. The van der Waals surface area contributed by atoms with Crippen molar-refractivity contribution < 1.29 is 0 Å². The van der Waals surface area contributed by atoms with Gasteiger partial charge in [0, 0.05) is 10.6 Å². The fourth-order valence-corrected chi connectivity index (χ4v) is 5.68. The summed E-state index contributed by atoms with van der Waals surface area (Å²) in [6, 6.07) is 38.5. The molecule has 5 rings (SSSR count). The molecule has 0 spiro atoms. The topological polar surface area (TPSA) is 26.0 Å². The number of anilines is 1. The number of hydrogen-bond acceptors (Lipinski definition) is 2. The van der Waals surface area contributed by atoms with Gasteiger partial charge in [-0.1, -0.05) is 97.1 Å². The van der Waals surface area contributed by atoms with Crippen LogP contribution in [0.1, 0.15) is 27.8 Å². The third kappa shape index (κ3) is 3.06. The predicted octanol–water partition coefficient (Wildman–Crippen LogP) is 6.81. The Bertz CT molecular complexity index is 1120. The van der Waals surface area contributed by atoms with Gasteiger partial charge in [0.1, 0.15) is 0 Å². The third-order valence-corrected chi connectivity index (χ3v) is 6.98. The van der Waals surface area contributed by atoms with E-state index in [4.69, 9.17) is 5.73 Å². The summed E-state index contributed by atoms with van der Waals surface area (Å²) in [5.74, 6) is 0. The molecule has 0 saturated carbocycles. The molecule has 140 valence electrons. The van der Waals surface area contributed by atoms with Gasteiger partial charge >= 0.3 is 0 Å². The number of fused-ring (bicyclic) bond motifs is 1. The summed E-state index contributed by atoms with van der Waals surface area (Å²) < 4.78 is -0.265. The highest BCUT2D eigenvalue weighted by atomic mass is 32.2. The van der Waals surface area contributed by atoms with Gasteiger partial charge in [0.2, 0.25) is 0 Å². The van der Waals surface area contributed by atoms with Crippen LogP contribution in [0.4, 0.5) is 5.69 Å². The maximum absolute atomic E-state index is 5.88. The highest BCUT2D eigenvalue weighted by molar-refractivity contribution is 8.10. The van der Waals surface area contributed by atoms with Crippen LogP contribution in [-0.4, -0.2) is 0 Å². The van der Waals surface area contributed by atoms with Gasteiger partial charge < -0.3 is 5.73 Å². The van der Waals surface area contributed by atoms with E-state index >= 15 is 0 Å². The summed E-state index contributed by atoms with van der Waals surface area (Å²) in [7, 11) is 0. The molecule has 2 heteroatoms. The van der Waals surface area contributed by atoms with Crippen LogP contribution in [0.2, 0.25) is 0 Å². The molecule has 0 atom stereocenters. The van der Waals surface area contributed by atoms with Crippen molar-refractivity contribution in [3.63, 3.8) is 0 Å². The normalized spacial score (nSPS) is 15.9. The van der Waals surface area contributed by atoms with Gasteiger partial charge in [-0.3, -0.25) is 0 Å². The number of benzene rings is 4. The van der Waals surface area contributed by atoms with Crippen molar-refractivity contribution in [2.24, 2.45) is 0 Å². The second-order valence-corrected chi connectivity index (χ2v) is 8.49. The van der Waals surface area contributed by atoms with E-state index in [1.807, 2.05) is 23.9 Å². The first-order valence-corrected chi connectivity index (χ1v) is 10.6. The van der Waals surface area contributed by atoms with Gasteiger partial charge in [-0.15, -0.1) is 11.8 Å². The largest absolute Gasteiger partial charge is 0.399 e. The average Bonchev–Trinajstić information content (AvgIpc) is 3.12. The lowest BCUT2D eigenvalue weighted by molar-refractivity contribution is 0.907. The molecule has 1 heterocycles. The molecule has 1 nitrogen and oxygen atoms in total. The Labute approximate surface area is 175 Å². The number of nitrogen functional groups attached to an aromatic ring is 1. The van der Waals surface area contributed by atoms with Gasteiger partial charge in [-0.25, -0.2) is 0 Å². The number of nitrogens with two attached hydrogens (primary N) is 1. The quantitative estimate of drug-likeness (QED) is 0.388. The van der Waals surface area contributed by atoms with E-state index in [0.717, 1.165) is 11.3 Å². The molecule has 4 aromatic rings. The maximum atomic E-state index is 5.88. The lowest BCUT2D eigenvalue weighted by Gasteiger charge is -2.31. The average molecular weight is 392 g/mol. The second-order valence-electron chi connectivity index (χ2n) is 7.24. The van der Waals surface area contributed by atoms with Crippen LogP contribution in [0.5, 0.6) is 0 Å². The zero-order valence-corrected chi connectivity index (χ0v) is 16.8. The molecule has 0 bridgehead atoms. The van der Waals surface area contributed by atoms with E-state index in [1.54, 1.807) is 0 Å². The van der Waals surface area contributed by atoms with Gasteiger partial charge in [-0.05, 0) is 46.0 Å². The Morgan fingerprint density at radius 1 is 0.621 bits per heavy atom. The molecule has 0 radical (unpaired) electrons. The molecule has 2 N–H and O–H groups in total. The third-order valence-electron chi connectivity index (χ3n) is 5.43.